The molecule has 26 nitrogen and oxygen atoms in total. The molecule has 89 heavy (non-hydrogen) atoms. The molecule has 4 unspecified atom stereocenters. The number of ketones is 3. The summed E-state index contributed by atoms with van der Waals surface area (Å²) in [5.41, 5.74) is 0. The van der Waals surface area contributed by atoms with Crippen LogP contribution in [0.25, 0.3) is 0 Å². The Labute approximate surface area is 527 Å². The van der Waals surface area contributed by atoms with Crippen LogP contribution in [0.2, 0.25) is 0 Å². The highest BCUT2D eigenvalue weighted by molar-refractivity contribution is 5.92. The lowest BCUT2D eigenvalue weighted by molar-refractivity contribution is -0.144. The lowest BCUT2D eigenvalue weighted by atomic mass is 9.91. The number of hydrogen-bond donors (Lipinski definition) is 7. The van der Waals surface area contributed by atoms with E-state index in [2.05, 4.69) is 26.1 Å². The molecule has 6 amide bonds. The predicted octanol–water partition coefficient (Wildman–Crippen LogP) is 0.638. The largest absolute Gasteiger partial charge is 0.393 e. The van der Waals surface area contributed by atoms with Gasteiger partial charge < -0.3 is 60.4 Å². The number of aliphatic hydroxyl groups is 4. The van der Waals surface area contributed by atoms with Gasteiger partial charge in [0.1, 0.15) is 24.5 Å². The van der Waals surface area contributed by atoms with E-state index in [1.807, 2.05) is 55.9 Å². The van der Waals surface area contributed by atoms with E-state index < -0.39 is 90.0 Å². The zero-order valence-corrected chi connectivity index (χ0v) is 56.4. The summed E-state index contributed by atoms with van der Waals surface area (Å²) in [4.78, 5) is 123. The molecule has 1 aromatic heterocycles. The van der Waals surface area contributed by atoms with Crippen LogP contribution in [0.3, 0.4) is 0 Å². The van der Waals surface area contributed by atoms with E-state index in [1.54, 1.807) is 89.0 Å². The van der Waals surface area contributed by atoms with Crippen molar-refractivity contribution in [3.8, 4) is 0 Å². The highest BCUT2D eigenvalue weighted by atomic mass is 16.5. The third-order valence-electron chi connectivity index (χ3n) is 18.4. The number of carbonyl (C=O) groups is 9. The van der Waals surface area contributed by atoms with Crippen molar-refractivity contribution in [1.29, 1.82) is 0 Å². The molecular formula is C63H110N12O14. The average Bonchev–Trinajstić information content (AvgIpc) is 4.11. The Balaban J connectivity index is 0.000000285. The van der Waals surface area contributed by atoms with Crippen molar-refractivity contribution >= 4 is 52.8 Å². The Kier molecular flexibility index (Phi) is 29.4. The molecule has 26 heteroatoms. The SMILES string of the molecule is CC(=O)[C@H](NC(=O)[C@@H]([C@H](O)[C@H](C)CC(=O)N1C2CCC1CC(O)C2)N(C)C)C(C)C.CC(=O)[C@H](NC(=O)[C@@H]([C@H](O)[C@H](C)CC(=O)N1C2CCC1COC2)N(C)C)C(C)C.CC(=O)[C@H](NC(=O)[C@@H]([C@H](O)[C@H](C)CC(=O)N1CCn2cnnc2C1)N(C)C)C(C)C. The fourth-order valence-corrected chi connectivity index (χ4v) is 13.3. The van der Waals surface area contributed by atoms with E-state index in [4.69, 9.17) is 4.74 Å². The second-order valence-electron chi connectivity index (χ2n) is 27.6. The van der Waals surface area contributed by atoms with Crippen molar-refractivity contribution < 1.29 is 68.3 Å². The topological polar surface area (TPSA) is 330 Å². The number of piperidine rings is 1. The Morgan fingerprint density at radius 3 is 1.18 bits per heavy atom. The van der Waals surface area contributed by atoms with Gasteiger partial charge in [-0.1, -0.05) is 62.3 Å². The second-order valence-corrected chi connectivity index (χ2v) is 27.6. The molecule has 5 aliphatic rings. The molecule has 6 rings (SSSR count). The number of rotatable bonds is 27. The molecule has 7 N–H and O–H groups in total. The quantitative estimate of drug-likeness (QED) is 0.0636. The van der Waals surface area contributed by atoms with Crippen LogP contribution in [-0.4, -0.2) is 264 Å². The van der Waals surface area contributed by atoms with Gasteiger partial charge in [-0.2, -0.15) is 0 Å². The molecule has 1 aromatic rings. The maximum Gasteiger partial charge on any atom is 0.240 e. The van der Waals surface area contributed by atoms with Crippen LogP contribution >= 0.6 is 0 Å². The first kappa shape index (κ1) is 76.1. The molecular weight excluding hydrogens is 1150 g/mol. The first-order valence-corrected chi connectivity index (χ1v) is 32.0. The number of ether oxygens (including phenoxy) is 1. The number of nitrogens with zero attached hydrogens (tertiary/aromatic N) is 9. The van der Waals surface area contributed by atoms with Gasteiger partial charge in [0.25, 0.3) is 0 Å². The molecule has 0 saturated carbocycles. The molecule has 506 valence electrons. The molecule has 5 aliphatic heterocycles. The zero-order chi connectivity index (χ0) is 67.2. The Hall–Kier alpha value is -5.35. The van der Waals surface area contributed by atoms with E-state index in [0.29, 0.717) is 45.7 Å². The molecule has 0 radical (unpaired) electrons. The Morgan fingerprint density at radius 2 is 0.854 bits per heavy atom. The first-order valence-electron chi connectivity index (χ1n) is 32.0. The number of hydrogen-bond acceptors (Lipinski definition) is 19. The van der Waals surface area contributed by atoms with E-state index in [9.17, 15) is 63.6 Å². The third kappa shape index (κ3) is 20.6. The maximum atomic E-state index is 13.0. The van der Waals surface area contributed by atoms with E-state index in [0.717, 1.165) is 31.5 Å². The highest BCUT2D eigenvalue weighted by Crippen LogP contribution is 2.37. The van der Waals surface area contributed by atoms with Crippen LogP contribution in [-0.2, 0) is 61.0 Å². The van der Waals surface area contributed by atoms with Crippen LogP contribution < -0.4 is 16.0 Å². The molecule has 6 heterocycles. The van der Waals surface area contributed by atoms with Gasteiger partial charge in [-0.05, 0) is 137 Å². The average molecular weight is 1260 g/mol. The number of carbonyl (C=O) groups excluding carboxylic acids is 9. The fraction of sp³-hybridized carbons (Fsp3) is 0.825. The van der Waals surface area contributed by atoms with Gasteiger partial charge in [0.05, 0.1) is 74.4 Å². The molecule has 16 atom stereocenters. The standard InChI is InChI=1S/C22H39N3O5.C21H37N3O5.C20H34N6O4/c1-12(2)19(14(4)26)23-22(30)20(24(5)6)21(29)13(3)9-18(28)25-15-7-8-16(25)11-17(27)10-15;1-12(2)18(14(4)25)22-21(28)19(23(5)6)20(27)13(3)9-17(26)24-15-7-8-16(24)11-29-10-15;1-12(2)17(14(4)27)22-20(30)18(24(5)6)19(29)13(3)9-16(28)25-7-8-26-11-21-23-15(26)10-25/h12-13,15-17,19-21,27,29H,7-11H2,1-6H3,(H,23,30);12-13,15-16,18-20,27H,7-11H2,1-6H3,(H,22,28);11-13,17-19,29H,7-10H2,1-6H3,(H,22,30)/t13-,15?,16?,17?,19-,20-,21-;13-,15?,16?,18-,19-,20-;13-,17-,18-,19-/m111/s1. The number of Topliss-reactive ketones (excluding diaryl/α,β-unsaturated/α-hetero) is 3. The van der Waals surface area contributed by atoms with Crippen molar-refractivity contribution in [2.75, 3.05) is 62.0 Å². The monoisotopic (exact) mass is 1260 g/mol. The lowest BCUT2D eigenvalue weighted by Gasteiger charge is -2.38. The Bertz CT molecular complexity index is 2520. The molecule has 0 aliphatic carbocycles. The fourth-order valence-electron chi connectivity index (χ4n) is 13.3. The zero-order valence-electron chi connectivity index (χ0n) is 56.4. The van der Waals surface area contributed by atoms with Crippen LogP contribution in [0.1, 0.15) is 147 Å². The van der Waals surface area contributed by atoms with E-state index in [1.165, 1.54) is 20.8 Å². The van der Waals surface area contributed by atoms with Gasteiger partial charge >= 0.3 is 0 Å². The summed E-state index contributed by atoms with van der Waals surface area (Å²) >= 11 is 0. The van der Waals surface area contributed by atoms with Crippen LogP contribution in [0.4, 0.5) is 0 Å². The smallest absolute Gasteiger partial charge is 0.240 e. The number of likely N-dealkylation sites (N-methyl/N-ethyl adjacent to an activating group) is 3. The van der Waals surface area contributed by atoms with Crippen LogP contribution in [0, 0.1) is 35.5 Å². The normalized spacial score (nSPS) is 23.7. The van der Waals surface area contributed by atoms with Gasteiger partial charge in [0, 0.05) is 44.4 Å². The van der Waals surface area contributed by atoms with Crippen LogP contribution in [0.15, 0.2) is 6.33 Å². The number of aliphatic hydroxyl groups excluding tert-OH is 4. The van der Waals surface area contributed by atoms with Gasteiger partial charge in [-0.3, -0.25) is 57.9 Å². The minimum absolute atomic E-state index is 0.00839. The minimum atomic E-state index is -1.07. The Morgan fingerprint density at radius 1 is 0.528 bits per heavy atom. The van der Waals surface area contributed by atoms with Crippen molar-refractivity contribution in [2.24, 2.45) is 35.5 Å². The molecule has 0 aromatic carbocycles. The summed E-state index contributed by atoms with van der Waals surface area (Å²) in [5, 5.41) is 58.9. The van der Waals surface area contributed by atoms with Gasteiger partial charge in [-0.25, -0.2) is 0 Å². The highest BCUT2D eigenvalue weighted by Gasteiger charge is 2.46. The molecule has 4 fully saturated rings. The van der Waals surface area contributed by atoms with Gasteiger partial charge in [0.2, 0.25) is 35.4 Å². The number of morpholine rings is 1. The number of aromatic nitrogens is 3. The lowest BCUT2D eigenvalue weighted by Crippen LogP contribution is -2.57. The summed E-state index contributed by atoms with van der Waals surface area (Å²) in [6, 6.07) is -4.02. The summed E-state index contributed by atoms with van der Waals surface area (Å²) in [6.07, 6.45) is 3.52. The first-order chi connectivity index (χ1) is 41.5. The second kappa shape index (κ2) is 34.4. The number of fused-ring (bicyclic) bond motifs is 5. The van der Waals surface area contributed by atoms with E-state index >= 15 is 0 Å². The maximum absolute atomic E-state index is 13.0. The molecule has 4 saturated heterocycles. The number of nitrogens with one attached hydrogen (secondary N) is 3. The van der Waals surface area contributed by atoms with E-state index in [-0.39, 0.29) is 102 Å². The minimum Gasteiger partial charge on any atom is -0.393 e. The summed E-state index contributed by atoms with van der Waals surface area (Å²) in [7, 11) is 10.2. The van der Waals surface area contributed by atoms with Crippen molar-refractivity contribution in [3.05, 3.63) is 12.2 Å². The van der Waals surface area contributed by atoms with Crippen molar-refractivity contribution in [2.45, 2.75) is 239 Å². The third-order valence-corrected chi connectivity index (χ3v) is 18.4. The van der Waals surface area contributed by atoms with Crippen LogP contribution in [0.5, 0.6) is 0 Å². The summed E-state index contributed by atoms with van der Waals surface area (Å²) in [6.45, 7) is 23.5. The van der Waals surface area contributed by atoms with Crippen molar-refractivity contribution in [3.63, 3.8) is 0 Å². The molecule has 4 bridgehead atoms. The van der Waals surface area contributed by atoms with Crippen molar-refractivity contribution in [1.82, 2.24) is 60.1 Å². The predicted molar refractivity (Wildman–Crippen MR) is 333 cm³/mol. The van der Waals surface area contributed by atoms with Gasteiger partial charge in [-0.15, -0.1) is 10.2 Å². The summed E-state index contributed by atoms with van der Waals surface area (Å²) < 4.78 is 7.45. The summed E-state index contributed by atoms with van der Waals surface area (Å²) in [5.74, 6) is -2.47. The number of amides is 6. The van der Waals surface area contributed by atoms with Gasteiger partial charge in [0.15, 0.2) is 23.2 Å². The molecule has 0 spiro atoms.